The largest absolute Gasteiger partial charge is 0.270 e. The number of hydrazone groups is 1. The lowest BCUT2D eigenvalue weighted by atomic mass is 9.86. The average molecular weight is 164 g/mol. The number of hydrogen-bond acceptors (Lipinski definition) is 2. The highest BCUT2D eigenvalue weighted by molar-refractivity contribution is 5.80. The Bertz CT molecular complexity index is 231. The molecule has 1 heterocycles. The molecule has 0 saturated heterocycles. The molecule has 1 aliphatic heterocycles. The molecule has 0 atom stereocenters. The number of rotatable bonds is 1. The van der Waals surface area contributed by atoms with Crippen molar-refractivity contribution in [3.8, 4) is 0 Å². The van der Waals surface area contributed by atoms with Crippen LogP contribution in [0.3, 0.4) is 0 Å². The molecule has 0 aromatic heterocycles. The lowest BCUT2D eigenvalue weighted by Crippen LogP contribution is -2.20. The van der Waals surface area contributed by atoms with Gasteiger partial charge in [0.2, 0.25) is 0 Å². The summed E-state index contributed by atoms with van der Waals surface area (Å²) in [5.74, 6) is 0. The normalized spacial score (nSPS) is 17.6. The highest BCUT2D eigenvalue weighted by Crippen LogP contribution is 2.25. The lowest BCUT2D eigenvalue weighted by Gasteiger charge is -2.24. The summed E-state index contributed by atoms with van der Waals surface area (Å²) in [6.07, 6.45) is 5.83. The van der Waals surface area contributed by atoms with Crippen LogP contribution in [-0.2, 0) is 0 Å². The smallest absolute Gasteiger partial charge is 0.0596 e. The fourth-order valence-corrected chi connectivity index (χ4v) is 1.05. The molecule has 12 heavy (non-hydrogen) atoms. The Kier molecular flexibility index (Phi) is 2.36. The molecular formula is C10H16N2. The quantitative estimate of drug-likeness (QED) is 0.581. The summed E-state index contributed by atoms with van der Waals surface area (Å²) >= 11 is 0. The first-order chi connectivity index (χ1) is 5.54. The molecular weight excluding hydrogens is 148 g/mol. The van der Waals surface area contributed by atoms with Crippen LogP contribution in [0.1, 0.15) is 20.8 Å². The predicted octanol–water partition coefficient (Wildman–Crippen LogP) is 2.40. The van der Waals surface area contributed by atoms with E-state index in [1.165, 1.54) is 5.57 Å². The molecule has 1 rings (SSSR count). The maximum atomic E-state index is 4.22. The molecule has 0 spiro atoms. The van der Waals surface area contributed by atoms with E-state index >= 15 is 0 Å². The average Bonchev–Trinajstić information content (AvgIpc) is 2.03. The third-order valence-corrected chi connectivity index (χ3v) is 1.92. The summed E-state index contributed by atoms with van der Waals surface area (Å²) in [6, 6.07) is 0. The fraction of sp³-hybridized carbons (Fsp3) is 0.500. The van der Waals surface area contributed by atoms with E-state index in [0.717, 1.165) is 6.54 Å². The van der Waals surface area contributed by atoms with Gasteiger partial charge in [-0.1, -0.05) is 33.4 Å². The maximum Gasteiger partial charge on any atom is 0.0596 e. The monoisotopic (exact) mass is 164 g/mol. The SMILES string of the molecule is C=CN1CC=C(C(C)(C)C)C=N1. The van der Waals surface area contributed by atoms with Crippen molar-refractivity contribution in [2.75, 3.05) is 6.54 Å². The van der Waals surface area contributed by atoms with Gasteiger partial charge < -0.3 is 0 Å². The van der Waals surface area contributed by atoms with Gasteiger partial charge in [0, 0.05) is 6.20 Å². The van der Waals surface area contributed by atoms with Crippen LogP contribution < -0.4 is 0 Å². The Labute approximate surface area is 74.3 Å². The van der Waals surface area contributed by atoms with Crippen molar-refractivity contribution in [3.05, 3.63) is 24.4 Å². The van der Waals surface area contributed by atoms with Gasteiger partial charge in [0.15, 0.2) is 0 Å². The molecule has 0 unspecified atom stereocenters. The molecule has 0 radical (unpaired) electrons. The Morgan fingerprint density at radius 3 is 2.58 bits per heavy atom. The van der Waals surface area contributed by atoms with Gasteiger partial charge >= 0.3 is 0 Å². The van der Waals surface area contributed by atoms with Gasteiger partial charge in [0.25, 0.3) is 0 Å². The minimum absolute atomic E-state index is 0.205. The second-order valence-corrected chi connectivity index (χ2v) is 3.96. The summed E-state index contributed by atoms with van der Waals surface area (Å²) in [7, 11) is 0. The van der Waals surface area contributed by atoms with Crippen LogP contribution in [0, 0.1) is 5.41 Å². The highest BCUT2D eigenvalue weighted by Gasteiger charge is 2.17. The third-order valence-electron chi connectivity index (χ3n) is 1.92. The minimum Gasteiger partial charge on any atom is -0.270 e. The van der Waals surface area contributed by atoms with Gasteiger partial charge in [0.1, 0.15) is 0 Å². The van der Waals surface area contributed by atoms with E-state index in [0.29, 0.717) is 0 Å². The molecule has 2 heteroatoms. The standard InChI is InChI=1S/C10H16N2/c1-5-12-7-6-9(8-11-12)10(2,3)4/h5-6,8H,1,7H2,2-4H3. The molecule has 2 nitrogen and oxygen atoms in total. The van der Waals surface area contributed by atoms with Gasteiger partial charge in [-0.05, 0) is 11.0 Å². The van der Waals surface area contributed by atoms with Gasteiger partial charge in [0.05, 0.1) is 12.8 Å². The summed E-state index contributed by atoms with van der Waals surface area (Å²) in [5.41, 5.74) is 1.50. The van der Waals surface area contributed by atoms with Crippen LogP contribution in [0.5, 0.6) is 0 Å². The minimum atomic E-state index is 0.205. The van der Waals surface area contributed by atoms with Gasteiger partial charge in [-0.15, -0.1) is 0 Å². The van der Waals surface area contributed by atoms with Crippen LogP contribution >= 0.6 is 0 Å². The Balaban J connectivity index is 2.70. The second kappa shape index (κ2) is 3.13. The molecule has 0 fully saturated rings. The summed E-state index contributed by atoms with van der Waals surface area (Å²) in [6.45, 7) is 11.1. The second-order valence-electron chi connectivity index (χ2n) is 3.96. The van der Waals surface area contributed by atoms with Crippen molar-refractivity contribution < 1.29 is 0 Å². The van der Waals surface area contributed by atoms with Crippen molar-refractivity contribution >= 4 is 6.21 Å². The summed E-state index contributed by atoms with van der Waals surface area (Å²) in [4.78, 5) is 0. The number of nitrogens with zero attached hydrogens (tertiary/aromatic N) is 2. The first kappa shape index (κ1) is 9.04. The fourth-order valence-electron chi connectivity index (χ4n) is 1.05. The summed E-state index contributed by atoms with van der Waals surface area (Å²) in [5, 5.41) is 6.03. The van der Waals surface area contributed by atoms with Gasteiger partial charge in [-0.3, -0.25) is 5.01 Å². The molecule has 0 saturated carbocycles. The van der Waals surface area contributed by atoms with Crippen molar-refractivity contribution in [2.24, 2.45) is 10.5 Å². The van der Waals surface area contributed by atoms with Crippen molar-refractivity contribution in [1.82, 2.24) is 5.01 Å². The molecule has 1 aliphatic rings. The molecule has 0 aromatic rings. The molecule has 0 N–H and O–H groups in total. The van der Waals surface area contributed by atoms with E-state index < -0.39 is 0 Å². The van der Waals surface area contributed by atoms with E-state index in [9.17, 15) is 0 Å². The molecule has 0 amide bonds. The molecule has 66 valence electrons. The first-order valence-electron chi connectivity index (χ1n) is 4.18. The highest BCUT2D eigenvalue weighted by atomic mass is 15.4. The van der Waals surface area contributed by atoms with Crippen LogP contribution in [0.4, 0.5) is 0 Å². The lowest BCUT2D eigenvalue weighted by molar-refractivity contribution is 0.427. The van der Waals surface area contributed by atoms with E-state index in [-0.39, 0.29) is 5.41 Å². The third kappa shape index (κ3) is 1.97. The zero-order valence-electron chi connectivity index (χ0n) is 8.04. The number of hydrogen-bond donors (Lipinski definition) is 0. The van der Waals surface area contributed by atoms with E-state index in [1.807, 2.05) is 11.2 Å². The molecule has 0 aromatic carbocycles. The predicted molar refractivity (Wildman–Crippen MR) is 52.9 cm³/mol. The number of allylic oxidation sites excluding steroid dienone is 1. The Morgan fingerprint density at radius 1 is 1.58 bits per heavy atom. The Hall–Kier alpha value is -1.05. The zero-order valence-corrected chi connectivity index (χ0v) is 8.04. The van der Waals surface area contributed by atoms with Crippen molar-refractivity contribution in [3.63, 3.8) is 0 Å². The van der Waals surface area contributed by atoms with E-state index in [2.05, 4.69) is 38.5 Å². The first-order valence-corrected chi connectivity index (χ1v) is 4.18. The molecule has 0 aliphatic carbocycles. The molecule has 0 bridgehead atoms. The maximum absolute atomic E-state index is 4.22. The van der Waals surface area contributed by atoms with Crippen LogP contribution in [0.2, 0.25) is 0 Å². The van der Waals surface area contributed by atoms with Gasteiger partial charge in [-0.2, -0.15) is 5.10 Å². The Morgan fingerprint density at radius 2 is 2.25 bits per heavy atom. The van der Waals surface area contributed by atoms with E-state index in [4.69, 9.17) is 0 Å². The van der Waals surface area contributed by atoms with Gasteiger partial charge in [-0.25, -0.2) is 0 Å². The van der Waals surface area contributed by atoms with Crippen molar-refractivity contribution in [1.29, 1.82) is 0 Å². The van der Waals surface area contributed by atoms with Crippen LogP contribution in [0.25, 0.3) is 0 Å². The zero-order chi connectivity index (χ0) is 9.19. The van der Waals surface area contributed by atoms with Crippen molar-refractivity contribution in [2.45, 2.75) is 20.8 Å². The topological polar surface area (TPSA) is 15.6 Å². The van der Waals surface area contributed by atoms with Crippen LogP contribution in [-0.4, -0.2) is 17.8 Å². The van der Waals surface area contributed by atoms with E-state index in [1.54, 1.807) is 6.20 Å². The summed E-state index contributed by atoms with van der Waals surface area (Å²) < 4.78 is 0. The van der Waals surface area contributed by atoms with Crippen LogP contribution in [0.15, 0.2) is 29.5 Å².